The minimum atomic E-state index is -0.481. The zero-order chi connectivity index (χ0) is 13.0. The Morgan fingerprint density at radius 2 is 1.89 bits per heavy atom. The Balaban J connectivity index is 1.94. The number of nitrogens with one attached hydrogen (secondary N) is 1. The van der Waals surface area contributed by atoms with Crippen LogP contribution in [-0.2, 0) is 6.54 Å². The first kappa shape index (κ1) is 12.1. The molecule has 18 heavy (non-hydrogen) atoms. The second-order valence-corrected chi connectivity index (χ2v) is 3.61. The molecule has 0 atom stereocenters. The molecule has 6 heteroatoms. The molecular formula is C12H11FN2O3. The Bertz CT molecular complexity index is 631. The van der Waals surface area contributed by atoms with Crippen LogP contribution in [0.25, 0.3) is 0 Å². The summed E-state index contributed by atoms with van der Waals surface area (Å²) in [6, 6.07) is 6.86. The van der Waals surface area contributed by atoms with Crippen LogP contribution in [0.3, 0.4) is 0 Å². The molecule has 1 aromatic carbocycles. The number of aromatic nitrogens is 2. The molecule has 94 valence electrons. The molecule has 0 fully saturated rings. The van der Waals surface area contributed by atoms with Crippen molar-refractivity contribution in [1.29, 1.82) is 0 Å². The smallest absolute Gasteiger partial charge is 0.328 e. The number of H-pyrrole nitrogens is 1. The zero-order valence-electron chi connectivity index (χ0n) is 9.43. The number of aromatic amines is 1. The zero-order valence-corrected chi connectivity index (χ0v) is 9.43. The van der Waals surface area contributed by atoms with Crippen LogP contribution in [0.2, 0.25) is 0 Å². The topological polar surface area (TPSA) is 64.1 Å². The third-order valence-corrected chi connectivity index (χ3v) is 2.31. The summed E-state index contributed by atoms with van der Waals surface area (Å²) < 4.78 is 19.3. The van der Waals surface area contributed by atoms with Crippen molar-refractivity contribution in [2.24, 2.45) is 0 Å². The molecule has 0 unspecified atom stereocenters. The van der Waals surface area contributed by atoms with Gasteiger partial charge in [-0.3, -0.25) is 14.3 Å². The van der Waals surface area contributed by atoms with Gasteiger partial charge in [0.2, 0.25) is 0 Å². The molecule has 0 aliphatic rings. The molecule has 1 aromatic heterocycles. The first-order valence-corrected chi connectivity index (χ1v) is 5.33. The average Bonchev–Trinajstić information content (AvgIpc) is 2.34. The van der Waals surface area contributed by atoms with Crippen molar-refractivity contribution in [3.05, 3.63) is 63.2 Å². The maximum absolute atomic E-state index is 12.6. The van der Waals surface area contributed by atoms with Crippen LogP contribution >= 0.6 is 0 Å². The second kappa shape index (κ2) is 5.31. The van der Waals surface area contributed by atoms with Crippen molar-refractivity contribution in [2.45, 2.75) is 6.54 Å². The molecule has 0 saturated heterocycles. The van der Waals surface area contributed by atoms with Crippen LogP contribution in [0.5, 0.6) is 5.75 Å². The summed E-state index contributed by atoms with van der Waals surface area (Å²) in [6.45, 7) is 0.546. The third kappa shape index (κ3) is 3.07. The Hall–Kier alpha value is -2.37. The number of ether oxygens (including phenoxy) is 1. The molecule has 0 spiro atoms. The molecule has 0 bridgehead atoms. The van der Waals surface area contributed by atoms with Crippen molar-refractivity contribution < 1.29 is 9.13 Å². The molecule has 5 nitrogen and oxygen atoms in total. The highest BCUT2D eigenvalue weighted by Crippen LogP contribution is 2.10. The number of halogens is 1. The van der Waals surface area contributed by atoms with Gasteiger partial charge in [0, 0.05) is 12.3 Å². The molecule has 0 aliphatic carbocycles. The van der Waals surface area contributed by atoms with E-state index in [4.69, 9.17) is 4.74 Å². The van der Waals surface area contributed by atoms with Crippen LogP contribution in [0.15, 0.2) is 46.1 Å². The van der Waals surface area contributed by atoms with Gasteiger partial charge in [0.25, 0.3) is 5.56 Å². The van der Waals surface area contributed by atoms with Crippen molar-refractivity contribution in [2.75, 3.05) is 6.61 Å². The summed E-state index contributed by atoms with van der Waals surface area (Å²) >= 11 is 0. The predicted molar refractivity (Wildman–Crippen MR) is 63.2 cm³/mol. The summed E-state index contributed by atoms with van der Waals surface area (Å²) in [6.07, 6.45) is 1.40. The first-order chi connectivity index (χ1) is 8.65. The molecule has 2 aromatic rings. The van der Waals surface area contributed by atoms with Gasteiger partial charge in [0.1, 0.15) is 18.2 Å². The number of hydrogen-bond donors (Lipinski definition) is 1. The van der Waals surface area contributed by atoms with Gasteiger partial charge >= 0.3 is 5.69 Å². The summed E-state index contributed by atoms with van der Waals surface area (Å²) in [7, 11) is 0. The van der Waals surface area contributed by atoms with Gasteiger partial charge in [0.05, 0.1) is 6.54 Å². The van der Waals surface area contributed by atoms with E-state index in [-0.39, 0.29) is 12.4 Å². The van der Waals surface area contributed by atoms with E-state index in [1.807, 2.05) is 0 Å². The second-order valence-electron chi connectivity index (χ2n) is 3.61. The molecule has 0 saturated carbocycles. The standard InChI is InChI=1S/C12H11FN2O3/c13-9-1-3-10(4-2-9)18-8-7-15-6-5-11(16)14-12(15)17/h1-6H,7-8H2,(H,14,16,17). The molecule has 0 radical (unpaired) electrons. The molecule has 0 aliphatic heterocycles. The van der Waals surface area contributed by atoms with Gasteiger partial charge in [-0.15, -0.1) is 0 Å². The lowest BCUT2D eigenvalue weighted by Gasteiger charge is -2.07. The molecular weight excluding hydrogens is 239 g/mol. The average molecular weight is 250 g/mol. The molecule has 0 amide bonds. The largest absolute Gasteiger partial charge is 0.492 e. The van der Waals surface area contributed by atoms with Crippen LogP contribution in [0, 0.1) is 5.82 Å². The van der Waals surface area contributed by atoms with Crippen molar-refractivity contribution in [3.8, 4) is 5.75 Å². The lowest BCUT2D eigenvalue weighted by atomic mass is 10.3. The monoisotopic (exact) mass is 250 g/mol. The van der Waals surface area contributed by atoms with Crippen molar-refractivity contribution >= 4 is 0 Å². The fourth-order valence-corrected chi connectivity index (χ4v) is 1.41. The summed E-state index contributed by atoms with van der Waals surface area (Å²) in [5, 5.41) is 0. The molecule has 2 rings (SSSR count). The Labute approximate surface area is 101 Å². The normalized spacial score (nSPS) is 10.3. The maximum atomic E-state index is 12.6. The lowest BCUT2D eigenvalue weighted by Crippen LogP contribution is -2.30. The van der Waals surface area contributed by atoms with E-state index in [1.54, 1.807) is 0 Å². The number of hydrogen-bond acceptors (Lipinski definition) is 3. The van der Waals surface area contributed by atoms with Crippen LogP contribution in [-0.4, -0.2) is 16.2 Å². The van der Waals surface area contributed by atoms with Gasteiger partial charge < -0.3 is 4.74 Å². The van der Waals surface area contributed by atoms with E-state index in [1.165, 1.54) is 41.1 Å². The van der Waals surface area contributed by atoms with E-state index in [9.17, 15) is 14.0 Å². The SMILES string of the molecule is O=c1ccn(CCOc2ccc(F)cc2)c(=O)[nH]1. The van der Waals surface area contributed by atoms with E-state index >= 15 is 0 Å². The van der Waals surface area contributed by atoms with Gasteiger partial charge in [-0.2, -0.15) is 0 Å². The van der Waals surface area contributed by atoms with E-state index < -0.39 is 11.2 Å². The van der Waals surface area contributed by atoms with Gasteiger partial charge in [-0.1, -0.05) is 0 Å². The summed E-state index contributed by atoms with van der Waals surface area (Å²) in [5.74, 6) is 0.188. The quantitative estimate of drug-likeness (QED) is 0.871. The van der Waals surface area contributed by atoms with E-state index in [0.29, 0.717) is 12.3 Å². The fourth-order valence-electron chi connectivity index (χ4n) is 1.41. The number of benzene rings is 1. The van der Waals surface area contributed by atoms with Crippen LogP contribution in [0.4, 0.5) is 4.39 Å². The van der Waals surface area contributed by atoms with E-state index in [0.717, 1.165) is 0 Å². The predicted octanol–water partition coefficient (Wildman–Crippen LogP) is 0.755. The van der Waals surface area contributed by atoms with Gasteiger partial charge in [-0.05, 0) is 24.3 Å². The van der Waals surface area contributed by atoms with Crippen LogP contribution in [0.1, 0.15) is 0 Å². The molecule has 1 heterocycles. The minimum Gasteiger partial charge on any atom is -0.492 e. The Morgan fingerprint density at radius 3 is 2.56 bits per heavy atom. The highest BCUT2D eigenvalue weighted by Gasteiger charge is 1.98. The highest BCUT2D eigenvalue weighted by molar-refractivity contribution is 5.21. The van der Waals surface area contributed by atoms with Crippen molar-refractivity contribution in [1.82, 2.24) is 9.55 Å². The minimum absolute atomic E-state index is 0.248. The highest BCUT2D eigenvalue weighted by atomic mass is 19.1. The first-order valence-electron chi connectivity index (χ1n) is 5.33. The third-order valence-electron chi connectivity index (χ3n) is 2.31. The number of nitrogens with zero attached hydrogens (tertiary/aromatic N) is 1. The summed E-state index contributed by atoms with van der Waals surface area (Å²) in [5.41, 5.74) is -0.916. The van der Waals surface area contributed by atoms with Gasteiger partial charge in [-0.25, -0.2) is 9.18 Å². The van der Waals surface area contributed by atoms with Crippen molar-refractivity contribution in [3.63, 3.8) is 0 Å². The Kier molecular flexibility index (Phi) is 3.57. The van der Waals surface area contributed by atoms with E-state index in [2.05, 4.69) is 4.98 Å². The summed E-state index contributed by atoms with van der Waals surface area (Å²) in [4.78, 5) is 24.3. The molecule has 1 N–H and O–H groups in total. The van der Waals surface area contributed by atoms with Crippen LogP contribution < -0.4 is 16.0 Å². The van der Waals surface area contributed by atoms with Gasteiger partial charge in [0.15, 0.2) is 0 Å². The Morgan fingerprint density at radius 1 is 1.17 bits per heavy atom. The number of rotatable bonds is 4. The fraction of sp³-hybridized carbons (Fsp3) is 0.167. The maximum Gasteiger partial charge on any atom is 0.328 e. The lowest BCUT2D eigenvalue weighted by molar-refractivity contribution is 0.295.